The van der Waals surface area contributed by atoms with Crippen LogP contribution in [0.1, 0.15) is 29.6 Å². The van der Waals surface area contributed by atoms with Crippen LogP contribution < -0.4 is 5.32 Å². The van der Waals surface area contributed by atoms with Gasteiger partial charge in [-0.25, -0.2) is 4.98 Å². The summed E-state index contributed by atoms with van der Waals surface area (Å²) in [6.07, 6.45) is 7.78. The van der Waals surface area contributed by atoms with Crippen molar-refractivity contribution in [2.75, 3.05) is 26.2 Å². The normalized spacial score (nSPS) is 16.2. The van der Waals surface area contributed by atoms with Crippen LogP contribution in [0.2, 0.25) is 0 Å². The maximum absolute atomic E-state index is 12.3. The molecular formula is C18H24N4O2. The number of amides is 1. The van der Waals surface area contributed by atoms with Gasteiger partial charge in [0.05, 0.1) is 12.4 Å². The van der Waals surface area contributed by atoms with Gasteiger partial charge in [-0.3, -0.25) is 4.79 Å². The van der Waals surface area contributed by atoms with Crippen LogP contribution in [0.5, 0.6) is 0 Å². The first-order chi connectivity index (χ1) is 11.7. The molecule has 6 heteroatoms. The van der Waals surface area contributed by atoms with Crippen molar-refractivity contribution in [2.45, 2.75) is 25.4 Å². The molecule has 2 heterocycles. The summed E-state index contributed by atoms with van der Waals surface area (Å²) < 4.78 is 1.88. The van der Waals surface area contributed by atoms with Crippen molar-refractivity contribution in [3.05, 3.63) is 48.5 Å². The maximum atomic E-state index is 12.3. The Morgan fingerprint density at radius 1 is 1.33 bits per heavy atom. The molecule has 128 valence electrons. The molecule has 2 N–H and O–H groups in total. The van der Waals surface area contributed by atoms with Gasteiger partial charge in [0.1, 0.15) is 0 Å². The molecule has 0 spiro atoms. The maximum Gasteiger partial charge on any atom is 0.251 e. The monoisotopic (exact) mass is 328 g/mol. The zero-order valence-corrected chi connectivity index (χ0v) is 13.8. The minimum Gasteiger partial charge on any atom is -0.393 e. The van der Waals surface area contributed by atoms with Crippen molar-refractivity contribution in [3.8, 4) is 5.69 Å². The summed E-state index contributed by atoms with van der Waals surface area (Å²) in [7, 11) is 0. The quantitative estimate of drug-likeness (QED) is 0.788. The molecule has 0 bridgehead atoms. The summed E-state index contributed by atoms with van der Waals surface area (Å²) in [5.41, 5.74) is 1.58. The average molecular weight is 328 g/mol. The summed E-state index contributed by atoms with van der Waals surface area (Å²) in [6, 6.07) is 7.51. The summed E-state index contributed by atoms with van der Waals surface area (Å²) in [5, 5.41) is 12.5. The highest BCUT2D eigenvalue weighted by molar-refractivity contribution is 5.94. The third kappa shape index (κ3) is 4.43. The topological polar surface area (TPSA) is 70.4 Å². The zero-order chi connectivity index (χ0) is 16.8. The van der Waals surface area contributed by atoms with Gasteiger partial charge in [-0.15, -0.1) is 0 Å². The molecule has 1 saturated heterocycles. The van der Waals surface area contributed by atoms with Crippen LogP contribution in [0.15, 0.2) is 43.0 Å². The number of nitrogens with zero attached hydrogens (tertiary/aromatic N) is 3. The lowest BCUT2D eigenvalue weighted by molar-refractivity contribution is 0.0816. The van der Waals surface area contributed by atoms with E-state index in [1.54, 1.807) is 12.5 Å². The Kier molecular flexibility index (Phi) is 5.61. The Bertz CT molecular complexity index is 649. The van der Waals surface area contributed by atoms with E-state index in [9.17, 15) is 9.90 Å². The second-order valence-corrected chi connectivity index (χ2v) is 6.20. The van der Waals surface area contributed by atoms with Crippen LogP contribution in [0.25, 0.3) is 5.69 Å². The van der Waals surface area contributed by atoms with E-state index in [0.29, 0.717) is 12.1 Å². The molecule has 0 radical (unpaired) electrons. The number of benzene rings is 1. The number of hydrogen-bond donors (Lipinski definition) is 2. The second-order valence-electron chi connectivity index (χ2n) is 6.20. The van der Waals surface area contributed by atoms with Crippen LogP contribution in [0.4, 0.5) is 0 Å². The number of aromatic nitrogens is 2. The Morgan fingerprint density at radius 2 is 2.17 bits per heavy atom. The minimum absolute atomic E-state index is 0.0500. The van der Waals surface area contributed by atoms with Crippen molar-refractivity contribution in [1.29, 1.82) is 0 Å². The first-order valence-electron chi connectivity index (χ1n) is 8.49. The highest BCUT2D eigenvalue weighted by Gasteiger charge is 2.16. The van der Waals surface area contributed by atoms with E-state index >= 15 is 0 Å². The van der Waals surface area contributed by atoms with Crippen LogP contribution in [0, 0.1) is 0 Å². The molecule has 0 unspecified atom stereocenters. The SMILES string of the molecule is O=C(NCCCN1CCC(O)CC1)c1cccc(-n2ccnc2)c1. The lowest BCUT2D eigenvalue weighted by atomic mass is 10.1. The number of likely N-dealkylation sites (tertiary alicyclic amines) is 1. The first-order valence-corrected chi connectivity index (χ1v) is 8.49. The van der Waals surface area contributed by atoms with Gasteiger partial charge in [0, 0.05) is 43.3 Å². The van der Waals surface area contributed by atoms with Crippen molar-refractivity contribution >= 4 is 5.91 Å². The highest BCUT2D eigenvalue weighted by Crippen LogP contribution is 2.11. The fraction of sp³-hybridized carbons (Fsp3) is 0.444. The van der Waals surface area contributed by atoms with Gasteiger partial charge < -0.3 is 19.9 Å². The first kappa shape index (κ1) is 16.7. The van der Waals surface area contributed by atoms with Gasteiger partial charge >= 0.3 is 0 Å². The number of imidazole rings is 1. The van der Waals surface area contributed by atoms with E-state index in [4.69, 9.17) is 0 Å². The number of aliphatic hydroxyl groups is 1. The third-order valence-corrected chi connectivity index (χ3v) is 4.40. The van der Waals surface area contributed by atoms with E-state index in [-0.39, 0.29) is 12.0 Å². The largest absolute Gasteiger partial charge is 0.393 e. The number of aliphatic hydroxyl groups excluding tert-OH is 1. The molecule has 2 aromatic rings. The summed E-state index contributed by atoms with van der Waals surface area (Å²) in [4.78, 5) is 18.6. The van der Waals surface area contributed by atoms with Crippen LogP contribution in [0.3, 0.4) is 0 Å². The van der Waals surface area contributed by atoms with Crippen LogP contribution >= 0.6 is 0 Å². The van der Waals surface area contributed by atoms with Crippen molar-refractivity contribution in [1.82, 2.24) is 19.8 Å². The third-order valence-electron chi connectivity index (χ3n) is 4.40. The van der Waals surface area contributed by atoms with Gasteiger partial charge in [-0.1, -0.05) is 6.07 Å². The molecule has 0 saturated carbocycles. The zero-order valence-electron chi connectivity index (χ0n) is 13.8. The smallest absolute Gasteiger partial charge is 0.251 e. The lowest BCUT2D eigenvalue weighted by Gasteiger charge is -2.29. The van der Waals surface area contributed by atoms with E-state index in [1.165, 1.54) is 0 Å². The number of carbonyl (C=O) groups is 1. The molecule has 1 fully saturated rings. The van der Waals surface area contributed by atoms with Crippen molar-refractivity contribution < 1.29 is 9.90 Å². The Labute approximate surface area is 142 Å². The summed E-state index contributed by atoms with van der Waals surface area (Å²) >= 11 is 0. The Balaban J connectivity index is 1.44. The summed E-state index contributed by atoms with van der Waals surface area (Å²) in [6.45, 7) is 3.51. The molecule has 1 aromatic carbocycles. The van der Waals surface area contributed by atoms with Gasteiger partial charge in [-0.2, -0.15) is 0 Å². The Hall–Kier alpha value is -2.18. The molecular weight excluding hydrogens is 304 g/mol. The second kappa shape index (κ2) is 8.08. The number of rotatable bonds is 6. The van der Waals surface area contributed by atoms with E-state index in [1.807, 2.05) is 35.0 Å². The van der Waals surface area contributed by atoms with E-state index in [2.05, 4.69) is 15.2 Å². The predicted molar refractivity (Wildman–Crippen MR) is 92.2 cm³/mol. The number of hydrogen-bond acceptors (Lipinski definition) is 4. The molecule has 0 atom stereocenters. The van der Waals surface area contributed by atoms with Gasteiger partial charge in [0.15, 0.2) is 0 Å². The van der Waals surface area contributed by atoms with E-state index < -0.39 is 0 Å². The average Bonchev–Trinajstić information content (AvgIpc) is 3.15. The van der Waals surface area contributed by atoms with Crippen molar-refractivity contribution in [2.24, 2.45) is 0 Å². The predicted octanol–water partition coefficient (Wildman–Crippen LogP) is 1.45. The summed E-state index contributed by atoms with van der Waals surface area (Å²) in [5.74, 6) is -0.0500. The molecule has 1 amide bonds. The lowest BCUT2D eigenvalue weighted by Crippen LogP contribution is -2.37. The van der Waals surface area contributed by atoms with Gasteiger partial charge in [0.2, 0.25) is 0 Å². The van der Waals surface area contributed by atoms with Gasteiger partial charge in [0.25, 0.3) is 5.91 Å². The fourth-order valence-corrected chi connectivity index (χ4v) is 2.97. The molecule has 3 rings (SSSR count). The number of carbonyl (C=O) groups excluding carboxylic acids is 1. The van der Waals surface area contributed by atoms with Crippen molar-refractivity contribution in [3.63, 3.8) is 0 Å². The van der Waals surface area contributed by atoms with Crippen LogP contribution in [-0.2, 0) is 0 Å². The van der Waals surface area contributed by atoms with E-state index in [0.717, 1.165) is 44.6 Å². The molecule has 1 aliphatic rings. The number of nitrogens with one attached hydrogen (secondary N) is 1. The highest BCUT2D eigenvalue weighted by atomic mass is 16.3. The molecule has 0 aliphatic carbocycles. The molecule has 1 aliphatic heterocycles. The Morgan fingerprint density at radius 3 is 2.92 bits per heavy atom. The molecule has 1 aromatic heterocycles. The van der Waals surface area contributed by atoms with Gasteiger partial charge in [-0.05, 0) is 44.0 Å². The van der Waals surface area contributed by atoms with Crippen LogP contribution in [-0.4, -0.2) is 57.7 Å². The molecule has 24 heavy (non-hydrogen) atoms. The minimum atomic E-state index is -0.135. The fourth-order valence-electron chi connectivity index (χ4n) is 2.97. The standard InChI is InChI=1S/C18H24N4O2/c23-17-5-10-21(11-6-17)9-2-7-20-18(24)15-3-1-4-16(13-15)22-12-8-19-14-22/h1,3-4,8,12-14,17,23H,2,5-7,9-11H2,(H,20,24). The molecule has 6 nitrogen and oxygen atoms in total. The number of piperidine rings is 1.